The Bertz CT molecular complexity index is 699. The van der Waals surface area contributed by atoms with E-state index in [0.717, 1.165) is 30.1 Å². The number of carbonyl (C=O) groups is 1. The Morgan fingerprint density at radius 1 is 1.41 bits per heavy atom. The maximum Gasteiger partial charge on any atom is 0.224 e. The minimum Gasteiger partial charge on any atom is -0.362 e. The molecule has 0 saturated carbocycles. The molecule has 4 nitrogen and oxygen atoms in total. The lowest BCUT2D eigenvalue weighted by molar-refractivity contribution is -0.116. The number of nitrogens with one attached hydrogen (secondary N) is 2. The third-order valence-corrected chi connectivity index (χ3v) is 4.48. The number of fused-ring (bicyclic) bond motifs is 1. The van der Waals surface area contributed by atoms with Crippen molar-refractivity contribution in [1.29, 1.82) is 0 Å². The average molecular weight is 319 g/mol. The Balaban J connectivity index is 1.84. The van der Waals surface area contributed by atoms with E-state index in [1.165, 1.54) is 17.4 Å². The largest absolute Gasteiger partial charge is 0.362 e. The van der Waals surface area contributed by atoms with E-state index < -0.39 is 0 Å². The first-order valence-electron chi connectivity index (χ1n) is 7.49. The second-order valence-electron chi connectivity index (χ2n) is 5.36. The van der Waals surface area contributed by atoms with Crippen molar-refractivity contribution in [1.82, 2.24) is 4.98 Å². The van der Waals surface area contributed by atoms with Gasteiger partial charge in [0, 0.05) is 29.6 Å². The molecule has 1 aliphatic heterocycles. The fourth-order valence-corrected chi connectivity index (χ4v) is 3.19. The van der Waals surface area contributed by atoms with Crippen molar-refractivity contribution in [3.05, 3.63) is 28.9 Å². The summed E-state index contributed by atoms with van der Waals surface area (Å²) in [7, 11) is 0. The Hall–Kier alpha value is -1.95. The van der Waals surface area contributed by atoms with Crippen LogP contribution in [0.3, 0.4) is 0 Å². The number of hydrogen-bond donors (Lipinski definition) is 2. The Labute approximate surface area is 132 Å². The monoisotopic (exact) mass is 319 g/mol. The summed E-state index contributed by atoms with van der Waals surface area (Å²) in [6, 6.07) is 3.19. The predicted octanol–water partition coefficient (Wildman–Crippen LogP) is 4.05. The van der Waals surface area contributed by atoms with E-state index in [-0.39, 0.29) is 11.7 Å². The fraction of sp³-hybridized carbons (Fsp3) is 0.375. The van der Waals surface area contributed by atoms with Gasteiger partial charge in [-0.05, 0) is 30.5 Å². The predicted molar refractivity (Wildman–Crippen MR) is 87.9 cm³/mol. The van der Waals surface area contributed by atoms with Gasteiger partial charge in [-0.15, -0.1) is 11.3 Å². The van der Waals surface area contributed by atoms with Crippen LogP contribution in [-0.4, -0.2) is 17.4 Å². The maximum atomic E-state index is 14.3. The highest BCUT2D eigenvalue weighted by molar-refractivity contribution is 7.14. The molecule has 6 heteroatoms. The molecule has 0 aliphatic carbocycles. The molecule has 116 valence electrons. The number of hydrogen-bond acceptors (Lipinski definition) is 4. The summed E-state index contributed by atoms with van der Waals surface area (Å²) in [5.74, 6) is -0.415. The SMILES string of the molecule is CCCCNc1nc(-c2cc3c(cc2F)NC(=O)CC3)cs1. The molecule has 2 aromatic rings. The lowest BCUT2D eigenvalue weighted by atomic mass is 9.99. The minimum absolute atomic E-state index is 0.0595. The van der Waals surface area contributed by atoms with Crippen molar-refractivity contribution in [3.8, 4) is 11.3 Å². The zero-order chi connectivity index (χ0) is 15.5. The Morgan fingerprint density at radius 2 is 2.27 bits per heavy atom. The summed E-state index contributed by atoms with van der Waals surface area (Å²) < 4.78 is 14.3. The molecule has 0 bridgehead atoms. The van der Waals surface area contributed by atoms with Gasteiger partial charge in [0.05, 0.1) is 5.69 Å². The van der Waals surface area contributed by atoms with Crippen LogP contribution in [0.4, 0.5) is 15.2 Å². The number of anilines is 2. The van der Waals surface area contributed by atoms with Gasteiger partial charge in [-0.2, -0.15) is 0 Å². The lowest BCUT2D eigenvalue weighted by Gasteiger charge is -2.17. The normalized spacial score (nSPS) is 13.6. The number of halogens is 1. The van der Waals surface area contributed by atoms with Crippen LogP contribution in [0.1, 0.15) is 31.7 Å². The number of unbranched alkanes of at least 4 members (excludes halogenated alkanes) is 1. The molecule has 0 fully saturated rings. The van der Waals surface area contributed by atoms with Crippen LogP contribution in [0, 0.1) is 5.82 Å². The Kier molecular flexibility index (Phi) is 4.38. The van der Waals surface area contributed by atoms with Gasteiger partial charge in [-0.3, -0.25) is 4.79 Å². The second kappa shape index (κ2) is 6.44. The number of amides is 1. The second-order valence-corrected chi connectivity index (χ2v) is 6.21. The van der Waals surface area contributed by atoms with Crippen LogP contribution in [0.2, 0.25) is 0 Å². The number of rotatable bonds is 5. The fourth-order valence-electron chi connectivity index (χ4n) is 2.45. The summed E-state index contributed by atoms with van der Waals surface area (Å²) in [6.45, 7) is 3.01. The highest BCUT2D eigenvalue weighted by Gasteiger charge is 2.19. The molecule has 1 aliphatic rings. The van der Waals surface area contributed by atoms with Gasteiger partial charge in [-0.25, -0.2) is 9.37 Å². The van der Waals surface area contributed by atoms with Gasteiger partial charge in [0.25, 0.3) is 0 Å². The van der Waals surface area contributed by atoms with Gasteiger partial charge in [0.15, 0.2) is 5.13 Å². The van der Waals surface area contributed by atoms with Gasteiger partial charge in [0.2, 0.25) is 5.91 Å². The molecule has 0 saturated heterocycles. The van der Waals surface area contributed by atoms with Crippen molar-refractivity contribution in [3.63, 3.8) is 0 Å². The van der Waals surface area contributed by atoms with Crippen molar-refractivity contribution >= 4 is 28.1 Å². The third kappa shape index (κ3) is 3.11. The van der Waals surface area contributed by atoms with E-state index in [2.05, 4.69) is 22.5 Å². The summed E-state index contributed by atoms with van der Waals surface area (Å²) >= 11 is 1.48. The van der Waals surface area contributed by atoms with Crippen LogP contribution in [-0.2, 0) is 11.2 Å². The van der Waals surface area contributed by atoms with Crippen molar-refractivity contribution in [2.45, 2.75) is 32.6 Å². The molecule has 22 heavy (non-hydrogen) atoms. The molecular formula is C16H18FN3OS. The number of benzene rings is 1. The molecule has 2 heterocycles. The molecule has 0 unspecified atom stereocenters. The summed E-state index contributed by atoms with van der Waals surface area (Å²) in [5.41, 5.74) is 2.68. The number of carbonyl (C=O) groups excluding carboxylic acids is 1. The molecule has 0 atom stereocenters. The molecule has 0 spiro atoms. The van der Waals surface area contributed by atoms with Gasteiger partial charge >= 0.3 is 0 Å². The van der Waals surface area contributed by atoms with Crippen LogP contribution in [0.15, 0.2) is 17.5 Å². The van der Waals surface area contributed by atoms with E-state index in [0.29, 0.717) is 29.8 Å². The van der Waals surface area contributed by atoms with Crippen LogP contribution in [0.5, 0.6) is 0 Å². The quantitative estimate of drug-likeness (QED) is 0.818. The Morgan fingerprint density at radius 3 is 3.09 bits per heavy atom. The highest BCUT2D eigenvalue weighted by atomic mass is 32.1. The number of thiazole rings is 1. The van der Waals surface area contributed by atoms with Crippen LogP contribution < -0.4 is 10.6 Å². The van der Waals surface area contributed by atoms with Crippen molar-refractivity contribution in [2.24, 2.45) is 0 Å². The van der Waals surface area contributed by atoms with Crippen LogP contribution in [0.25, 0.3) is 11.3 Å². The zero-order valence-corrected chi connectivity index (χ0v) is 13.2. The number of aromatic nitrogens is 1. The first kappa shape index (κ1) is 15.0. The smallest absolute Gasteiger partial charge is 0.224 e. The zero-order valence-electron chi connectivity index (χ0n) is 12.4. The number of aryl methyl sites for hydroxylation is 1. The van der Waals surface area contributed by atoms with Crippen molar-refractivity contribution < 1.29 is 9.18 Å². The summed E-state index contributed by atoms with van der Waals surface area (Å²) in [4.78, 5) is 15.8. The molecule has 1 aromatic heterocycles. The summed E-state index contributed by atoms with van der Waals surface area (Å²) in [5, 5.41) is 8.64. The standard InChI is InChI=1S/C16H18FN3OS/c1-2-3-6-18-16-20-14(9-22-16)11-7-10-4-5-15(21)19-13(10)8-12(11)17/h7-9H,2-6H2,1H3,(H,18,20)(H,19,21). The van der Waals surface area contributed by atoms with Crippen molar-refractivity contribution in [2.75, 3.05) is 17.2 Å². The molecule has 1 aromatic carbocycles. The van der Waals surface area contributed by atoms with E-state index in [9.17, 15) is 9.18 Å². The van der Waals surface area contributed by atoms with Gasteiger partial charge in [-0.1, -0.05) is 13.3 Å². The molecule has 0 radical (unpaired) electrons. The highest BCUT2D eigenvalue weighted by Crippen LogP contribution is 2.33. The molecule has 1 amide bonds. The average Bonchev–Trinajstić information content (AvgIpc) is 2.95. The minimum atomic E-state index is -0.355. The third-order valence-electron chi connectivity index (χ3n) is 3.68. The van der Waals surface area contributed by atoms with E-state index in [1.807, 2.05) is 5.38 Å². The molecular weight excluding hydrogens is 301 g/mol. The van der Waals surface area contributed by atoms with Crippen LogP contribution >= 0.6 is 11.3 Å². The van der Waals surface area contributed by atoms with Gasteiger partial charge < -0.3 is 10.6 Å². The first-order valence-corrected chi connectivity index (χ1v) is 8.37. The lowest BCUT2D eigenvalue weighted by Crippen LogP contribution is -2.19. The van der Waals surface area contributed by atoms with E-state index in [1.54, 1.807) is 6.07 Å². The number of nitrogens with zero attached hydrogens (tertiary/aromatic N) is 1. The molecule has 2 N–H and O–H groups in total. The van der Waals surface area contributed by atoms with Gasteiger partial charge in [0.1, 0.15) is 5.82 Å². The topological polar surface area (TPSA) is 54.0 Å². The molecule has 3 rings (SSSR count). The summed E-state index contributed by atoms with van der Waals surface area (Å²) in [6.07, 6.45) is 3.29. The van der Waals surface area contributed by atoms with E-state index >= 15 is 0 Å². The maximum absolute atomic E-state index is 14.3. The van der Waals surface area contributed by atoms with E-state index in [4.69, 9.17) is 0 Å². The first-order chi connectivity index (χ1) is 10.7.